The molecule has 2 atom stereocenters. The molecule has 0 radical (unpaired) electrons. The first-order valence-electron chi connectivity index (χ1n) is 7.45. The van der Waals surface area contributed by atoms with Gasteiger partial charge in [0, 0.05) is 6.54 Å². The minimum Gasteiger partial charge on any atom is -0.351 e. The topological polar surface area (TPSA) is 87.5 Å². The number of primary amides is 1. The standard InChI is InChI=1S/C14H28N4O2/c1-10(2)7-16-8-12-5-4-6-18(9-12)11(3)13(19)17-14(15)20/h10-12,16H,4-9H2,1-3H3,(H3,15,17,19,20). The number of nitrogens with two attached hydrogens (primary N) is 1. The van der Waals surface area contributed by atoms with Crippen molar-refractivity contribution in [2.45, 2.75) is 39.7 Å². The van der Waals surface area contributed by atoms with Gasteiger partial charge in [0.15, 0.2) is 0 Å². The summed E-state index contributed by atoms with van der Waals surface area (Å²) in [5, 5.41) is 5.63. The minimum atomic E-state index is -0.783. The molecule has 1 aliphatic rings. The molecule has 116 valence electrons. The third-order valence-electron chi connectivity index (χ3n) is 3.71. The first-order valence-corrected chi connectivity index (χ1v) is 7.45. The van der Waals surface area contributed by atoms with Crippen LogP contribution in [-0.2, 0) is 4.79 Å². The maximum absolute atomic E-state index is 11.8. The quantitative estimate of drug-likeness (QED) is 0.664. The van der Waals surface area contributed by atoms with Crippen molar-refractivity contribution in [3.63, 3.8) is 0 Å². The minimum absolute atomic E-state index is 0.310. The van der Waals surface area contributed by atoms with Crippen molar-refractivity contribution in [2.75, 3.05) is 26.2 Å². The number of hydrogen-bond donors (Lipinski definition) is 3. The normalized spacial score (nSPS) is 21.7. The molecule has 0 aromatic carbocycles. The number of nitrogens with zero attached hydrogens (tertiary/aromatic N) is 1. The lowest BCUT2D eigenvalue weighted by atomic mass is 9.96. The van der Waals surface area contributed by atoms with Gasteiger partial charge in [-0.15, -0.1) is 0 Å². The average molecular weight is 284 g/mol. The fourth-order valence-electron chi connectivity index (χ4n) is 2.58. The van der Waals surface area contributed by atoms with Gasteiger partial charge >= 0.3 is 6.03 Å². The first kappa shape index (κ1) is 16.9. The predicted molar refractivity (Wildman–Crippen MR) is 79.2 cm³/mol. The number of imide groups is 1. The molecule has 6 heteroatoms. The van der Waals surface area contributed by atoms with Crippen LogP contribution in [0, 0.1) is 11.8 Å². The van der Waals surface area contributed by atoms with Gasteiger partial charge in [0.25, 0.3) is 0 Å². The average Bonchev–Trinajstić information content (AvgIpc) is 2.37. The maximum atomic E-state index is 11.8. The van der Waals surface area contributed by atoms with Gasteiger partial charge in [-0.1, -0.05) is 13.8 Å². The van der Waals surface area contributed by atoms with Gasteiger partial charge in [0.2, 0.25) is 5.91 Å². The van der Waals surface area contributed by atoms with Gasteiger partial charge < -0.3 is 11.1 Å². The molecule has 1 fully saturated rings. The van der Waals surface area contributed by atoms with E-state index in [0.717, 1.165) is 32.6 Å². The van der Waals surface area contributed by atoms with Crippen LogP contribution in [0.4, 0.5) is 4.79 Å². The Bertz CT molecular complexity index is 333. The largest absolute Gasteiger partial charge is 0.351 e. The highest BCUT2D eigenvalue weighted by atomic mass is 16.2. The summed E-state index contributed by atoms with van der Waals surface area (Å²) in [5.41, 5.74) is 4.98. The van der Waals surface area contributed by atoms with E-state index in [2.05, 4.69) is 29.4 Å². The Kier molecular flexibility index (Phi) is 6.95. The summed E-state index contributed by atoms with van der Waals surface area (Å²) in [5.74, 6) is 0.898. The number of carbonyl (C=O) groups excluding carboxylic acids is 2. The molecule has 0 spiro atoms. The Balaban J connectivity index is 2.39. The second kappa shape index (κ2) is 8.21. The van der Waals surface area contributed by atoms with E-state index >= 15 is 0 Å². The zero-order chi connectivity index (χ0) is 15.1. The van der Waals surface area contributed by atoms with Crippen molar-refractivity contribution in [1.29, 1.82) is 0 Å². The van der Waals surface area contributed by atoms with Gasteiger partial charge in [-0.05, 0) is 51.2 Å². The number of nitrogens with one attached hydrogen (secondary N) is 2. The molecule has 0 bridgehead atoms. The molecule has 6 nitrogen and oxygen atoms in total. The van der Waals surface area contributed by atoms with E-state index in [0.29, 0.717) is 11.8 Å². The van der Waals surface area contributed by atoms with Crippen molar-refractivity contribution in [3.8, 4) is 0 Å². The maximum Gasteiger partial charge on any atom is 0.318 e. The van der Waals surface area contributed by atoms with Gasteiger partial charge in [0.05, 0.1) is 6.04 Å². The molecule has 1 saturated heterocycles. The van der Waals surface area contributed by atoms with Crippen LogP contribution in [-0.4, -0.2) is 49.1 Å². The van der Waals surface area contributed by atoms with Gasteiger partial charge in [0.1, 0.15) is 0 Å². The third kappa shape index (κ3) is 5.88. The van der Waals surface area contributed by atoms with Crippen LogP contribution in [0.3, 0.4) is 0 Å². The summed E-state index contributed by atoms with van der Waals surface area (Å²) >= 11 is 0. The van der Waals surface area contributed by atoms with E-state index in [-0.39, 0.29) is 11.9 Å². The summed E-state index contributed by atoms with van der Waals surface area (Å²) in [6.07, 6.45) is 2.27. The Morgan fingerprint density at radius 3 is 2.65 bits per heavy atom. The van der Waals surface area contributed by atoms with E-state index in [1.165, 1.54) is 6.42 Å². The summed E-state index contributed by atoms with van der Waals surface area (Å²) in [7, 11) is 0. The van der Waals surface area contributed by atoms with Crippen LogP contribution < -0.4 is 16.4 Å². The highest BCUT2D eigenvalue weighted by molar-refractivity contribution is 5.96. The van der Waals surface area contributed by atoms with E-state index in [4.69, 9.17) is 5.73 Å². The number of rotatable bonds is 6. The molecule has 1 rings (SSSR count). The van der Waals surface area contributed by atoms with E-state index in [1.807, 2.05) is 6.92 Å². The molecular formula is C14H28N4O2. The number of likely N-dealkylation sites (tertiary alicyclic amines) is 1. The van der Waals surface area contributed by atoms with Gasteiger partial charge in [-0.3, -0.25) is 15.0 Å². The molecule has 2 unspecified atom stereocenters. The monoisotopic (exact) mass is 284 g/mol. The molecular weight excluding hydrogens is 256 g/mol. The zero-order valence-corrected chi connectivity index (χ0v) is 12.8. The summed E-state index contributed by atoms with van der Waals surface area (Å²) in [6.45, 7) is 9.99. The molecule has 0 aromatic heterocycles. The third-order valence-corrected chi connectivity index (χ3v) is 3.71. The fraction of sp³-hybridized carbons (Fsp3) is 0.857. The van der Waals surface area contributed by atoms with Crippen molar-refractivity contribution in [3.05, 3.63) is 0 Å². The number of piperidine rings is 1. The van der Waals surface area contributed by atoms with Crippen molar-refractivity contribution < 1.29 is 9.59 Å². The van der Waals surface area contributed by atoms with Crippen LogP contribution in [0.15, 0.2) is 0 Å². The van der Waals surface area contributed by atoms with E-state index in [1.54, 1.807) is 0 Å². The molecule has 4 N–H and O–H groups in total. The highest BCUT2D eigenvalue weighted by Crippen LogP contribution is 2.18. The zero-order valence-electron chi connectivity index (χ0n) is 12.8. The van der Waals surface area contributed by atoms with Crippen molar-refractivity contribution in [1.82, 2.24) is 15.5 Å². The lowest BCUT2D eigenvalue weighted by Crippen LogP contribution is -2.52. The van der Waals surface area contributed by atoms with E-state index in [9.17, 15) is 9.59 Å². The second-order valence-corrected chi connectivity index (χ2v) is 6.08. The van der Waals surface area contributed by atoms with Crippen molar-refractivity contribution >= 4 is 11.9 Å². The Hall–Kier alpha value is -1.14. The van der Waals surface area contributed by atoms with Gasteiger partial charge in [-0.2, -0.15) is 0 Å². The number of hydrogen-bond acceptors (Lipinski definition) is 4. The predicted octanol–water partition coefficient (Wildman–Crippen LogP) is 0.527. The molecule has 1 aliphatic heterocycles. The Morgan fingerprint density at radius 2 is 2.05 bits per heavy atom. The van der Waals surface area contributed by atoms with Crippen LogP contribution >= 0.6 is 0 Å². The Labute approximate surface area is 121 Å². The van der Waals surface area contributed by atoms with E-state index < -0.39 is 6.03 Å². The lowest BCUT2D eigenvalue weighted by molar-refractivity contribution is -0.125. The highest BCUT2D eigenvalue weighted by Gasteiger charge is 2.27. The number of amides is 3. The fourth-order valence-corrected chi connectivity index (χ4v) is 2.58. The van der Waals surface area contributed by atoms with Crippen LogP contribution in [0.25, 0.3) is 0 Å². The summed E-state index contributed by atoms with van der Waals surface area (Å²) < 4.78 is 0. The van der Waals surface area contributed by atoms with Crippen molar-refractivity contribution in [2.24, 2.45) is 17.6 Å². The Morgan fingerprint density at radius 1 is 1.35 bits per heavy atom. The summed E-state index contributed by atoms with van der Waals surface area (Å²) in [4.78, 5) is 24.7. The first-order chi connectivity index (χ1) is 9.40. The smallest absolute Gasteiger partial charge is 0.318 e. The van der Waals surface area contributed by atoms with Gasteiger partial charge in [-0.25, -0.2) is 4.79 Å². The van der Waals surface area contributed by atoms with Crippen LogP contribution in [0.1, 0.15) is 33.6 Å². The van der Waals surface area contributed by atoms with Crippen LogP contribution in [0.5, 0.6) is 0 Å². The second-order valence-electron chi connectivity index (χ2n) is 6.08. The summed E-state index contributed by atoms with van der Waals surface area (Å²) in [6, 6.07) is -1.09. The van der Waals surface area contributed by atoms with Crippen LogP contribution in [0.2, 0.25) is 0 Å². The molecule has 20 heavy (non-hydrogen) atoms. The molecule has 0 saturated carbocycles. The molecule has 0 aromatic rings. The number of carbonyl (C=O) groups is 2. The molecule has 0 aliphatic carbocycles. The molecule has 1 heterocycles. The SMILES string of the molecule is CC(C)CNCC1CCCN(C(C)C(=O)NC(N)=O)C1. The number of urea groups is 1. The lowest BCUT2D eigenvalue weighted by Gasteiger charge is -2.36. The molecule has 3 amide bonds.